The van der Waals surface area contributed by atoms with Crippen molar-refractivity contribution in [2.45, 2.75) is 346 Å². The van der Waals surface area contributed by atoms with E-state index in [1.165, 1.54) is 180 Å². The van der Waals surface area contributed by atoms with Gasteiger partial charge in [-0.1, -0.05) is 295 Å². The lowest BCUT2D eigenvalue weighted by Gasteiger charge is -2.35. The molecule has 1 fully saturated rings. The van der Waals surface area contributed by atoms with Crippen molar-refractivity contribution in [1.29, 1.82) is 0 Å². The van der Waals surface area contributed by atoms with E-state index in [4.69, 9.17) is 9.47 Å². The summed E-state index contributed by atoms with van der Waals surface area (Å²) in [6.07, 6.45) is 43.7. The predicted octanol–water partition coefficient (Wildman–Crippen LogP) is 22.7. The van der Waals surface area contributed by atoms with Gasteiger partial charge in [0.2, 0.25) is 0 Å². The minimum Gasteiger partial charge on any atom is -0.462 e. The van der Waals surface area contributed by atoms with Gasteiger partial charge in [0.25, 0.3) is 0 Å². The molecule has 1 aliphatic rings. The van der Waals surface area contributed by atoms with Crippen LogP contribution in [0.1, 0.15) is 340 Å². The molecule has 7 unspecified atom stereocenters. The van der Waals surface area contributed by atoms with Crippen molar-refractivity contribution in [2.24, 2.45) is 23.7 Å². The van der Waals surface area contributed by atoms with Gasteiger partial charge in [-0.25, -0.2) is 0 Å². The molecule has 1 aliphatic carbocycles. The van der Waals surface area contributed by atoms with Crippen LogP contribution in [0.5, 0.6) is 0 Å². The largest absolute Gasteiger partial charge is 0.462 e. The fourth-order valence-corrected chi connectivity index (χ4v) is 8.38. The molecule has 1 saturated carbocycles. The van der Waals surface area contributed by atoms with Crippen LogP contribution < -0.4 is 0 Å². The van der Waals surface area contributed by atoms with Crippen molar-refractivity contribution < 1.29 is 19.1 Å². The average molecular weight is 1040 g/mol. The fraction of sp³-hybridized carbons (Fsp3) is 0.966. The van der Waals surface area contributed by atoms with E-state index in [2.05, 4.69) is 41.5 Å². The Morgan fingerprint density at radius 3 is 0.881 bits per heavy atom. The van der Waals surface area contributed by atoms with Crippen LogP contribution >= 0.6 is 39.6 Å². The Kier molecular flexibility index (Phi) is 126. The lowest BCUT2D eigenvalue weighted by atomic mass is 9.71. The summed E-state index contributed by atoms with van der Waals surface area (Å²) < 4.78 is 11.0. The van der Waals surface area contributed by atoms with E-state index in [0.29, 0.717) is 19.3 Å². The Hall–Kier alpha value is 0.660. The lowest BCUT2D eigenvalue weighted by Crippen LogP contribution is -2.26. The summed E-state index contributed by atoms with van der Waals surface area (Å²) in [5.74, 6) is 3.54. The van der Waals surface area contributed by atoms with Gasteiger partial charge in [-0.15, -0.1) is 0 Å². The molecule has 0 saturated heterocycles. The number of rotatable bonds is 36. The Bertz CT molecular complexity index is 806. The summed E-state index contributed by atoms with van der Waals surface area (Å²) in [6, 6.07) is 0. The van der Waals surface area contributed by atoms with Gasteiger partial charge in [0.15, 0.2) is 0 Å². The van der Waals surface area contributed by atoms with E-state index in [1.807, 2.05) is 6.92 Å². The maximum atomic E-state index is 12.3. The molecule has 7 atom stereocenters. The normalized spacial score (nSPS) is 15.2. The summed E-state index contributed by atoms with van der Waals surface area (Å²) >= 11 is 0. The third-order valence-electron chi connectivity index (χ3n) is 12.5. The zero-order valence-corrected chi connectivity index (χ0v) is 46.5. The smallest absolute Gasteiger partial charge is 0.306 e. The molecular weight excluding hydrogens is 897 g/mol. The number of carbonyl (C=O) groups excluding carboxylic acids is 2. The molecule has 4 nitrogen and oxygen atoms in total. The van der Waals surface area contributed by atoms with Crippen LogP contribution in [0.4, 0.5) is 0 Å². The van der Waals surface area contributed by atoms with E-state index in [-0.39, 0.29) is 131 Å². The summed E-state index contributed by atoms with van der Waals surface area (Å²) in [5.41, 5.74) is 0. The molecule has 0 bridgehead atoms. The fourth-order valence-electron chi connectivity index (χ4n) is 8.38. The van der Waals surface area contributed by atoms with Crippen molar-refractivity contribution >= 4 is 51.5 Å². The highest BCUT2D eigenvalue weighted by Gasteiger charge is 2.27. The SMILES string of the molecule is C.C.C.C.C.C.C.C.C.CC1CC(C)C(C)C(C)C1.CCCCCCCCCCCCCCCCCC(=O)OCC(CC)OC(=O)CCCCCCCCCCCCCCCCC.P.P.P.P. The molecule has 426 valence electrons. The molecule has 0 N–H and O–H groups in total. The molecule has 0 aliphatic heterocycles. The highest BCUT2D eigenvalue weighted by Crippen LogP contribution is 2.37. The maximum Gasteiger partial charge on any atom is 0.306 e. The van der Waals surface area contributed by atoms with E-state index in [0.717, 1.165) is 49.4 Å². The standard InChI is InChI=1S/C40H78O4.C10H20.9CH4.4H3P/c1-4-7-9-11-13-15-17-19-21-23-25-27-29-31-33-35-39(41)43-37-38(6-3)44-40(42)36-34-32-30-28-26-24-22-20-18-16-14-12-10-8-5-2;1-7-5-8(2)10(4)9(3)6-7;;;;;;;;;;;;;/h38H,4-37H2,1-3H3;7-10H,5-6H2,1-4H3;9*1H4;4*1H3. The van der Waals surface area contributed by atoms with Crippen LogP contribution in [-0.2, 0) is 19.1 Å². The Labute approximate surface area is 445 Å². The van der Waals surface area contributed by atoms with Crippen molar-refractivity contribution in [2.75, 3.05) is 6.61 Å². The highest BCUT2D eigenvalue weighted by atomic mass is 31.0. The first-order valence-corrected chi connectivity index (χ1v) is 24.6. The first kappa shape index (κ1) is 104. The van der Waals surface area contributed by atoms with Crippen molar-refractivity contribution in [3.05, 3.63) is 0 Å². The number of carbonyl (C=O) groups is 2. The third kappa shape index (κ3) is 73.3. The number of ether oxygens (including phenoxy) is 2. The first-order chi connectivity index (χ1) is 26.2. The second-order valence-corrected chi connectivity index (χ2v) is 18.0. The monoisotopic (exact) mass is 1040 g/mol. The number of hydrogen-bond donors (Lipinski definition) is 0. The molecule has 0 aromatic heterocycles. The van der Waals surface area contributed by atoms with Crippen molar-refractivity contribution in [3.8, 4) is 0 Å². The Balaban J connectivity index is -0.0000000903. The molecule has 0 heterocycles. The molecule has 0 aromatic carbocycles. The van der Waals surface area contributed by atoms with Crippen LogP contribution in [0.2, 0.25) is 0 Å². The number of esters is 2. The van der Waals surface area contributed by atoms with Gasteiger partial charge in [-0.05, 0) is 55.8 Å². The minimum absolute atomic E-state index is 0. The third-order valence-corrected chi connectivity index (χ3v) is 12.5. The highest BCUT2D eigenvalue weighted by molar-refractivity contribution is 6.92. The second kappa shape index (κ2) is 80.7. The molecule has 1 rings (SSSR count). The number of unbranched alkanes of at least 4 members (excludes halogenated alkanes) is 28. The van der Waals surface area contributed by atoms with Gasteiger partial charge < -0.3 is 9.47 Å². The van der Waals surface area contributed by atoms with Gasteiger partial charge in [-0.2, -0.15) is 39.6 Å². The topological polar surface area (TPSA) is 52.6 Å². The van der Waals surface area contributed by atoms with Crippen LogP contribution in [0.3, 0.4) is 0 Å². The second-order valence-electron chi connectivity index (χ2n) is 18.0. The minimum atomic E-state index is -0.316. The zero-order chi connectivity index (χ0) is 39.9. The molecule has 67 heavy (non-hydrogen) atoms. The van der Waals surface area contributed by atoms with Crippen LogP contribution in [0, 0.1) is 23.7 Å². The molecule has 0 spiro atoms. The van der Waals surface area contributed by atoms with Crippen molar-refractivity contribution in [1.82, 2.24) is 0 Å². The lowest BCUT2D eigenvalue weighted by molar-refractivity contribution is -0.159. The first-order valence-electron chi connectivity index (χ1n) is 24.6. The van der Waals surface area contributed by atoms with E-state index in [9.17, 15) is 9.59 Å². The quantitative estimate of drug-likeness (QED) is 0.0356. The molecular formula is C59H146O4P4. The number of hydrogen-bond acceptors (Lipinski definition) is 4. The summed E-state index contributed by atoms with van der Waals surface area (Å²) in [5, 5.41) is 0. The molecule has 0 aromatic rings. The molecule has 8 heteroatoms. The van der Waals surface area contributed by atoms with Crippen LogP contribution in [0.15, 0.2) is 0 Å². The van der Waals surface area contributed by atoms with Gasteiger partial charge in [0.05, 0.1) is 0 Å². The van der Waals surface area contributed by atoms with Gasteiger partial charge >= 0.3 is 11.9 Å². The van der Waals surface area contributed by atoms with Crippen molar-refractivity contribution in [3.63, 3.8) is 0 Å². The van der Waals surface area contributed by atoms with Crippen LogP contribution in [0.25, 0.3) is 0 Å². The molecule has 0 amide bonds. The van der Waals surface area contributed by atoms with E-state index < -0.39 is 0 Å². The predicted molar refractivity (Wildman–Crippen MR) is 341 cm³/mol. The van der Waals surface area contributed by atoms with Gasteiger partial charge in [-0.3, -0.25) is 9.59 Å². The summed E-state index contributed by atoms with van der Waals surface area (Å²) in [7, 11) is 0. The van der Waals surface area contributed by atoms with Gasteiger partial charge in [0.1, 0.15) is 12.7 Å². The molecule has 0 radical (unpaired) electrons. The zero-order valence-electron chi connectivity index (χ0n) is 40.8. The van der Waals surface area contributed by atoms with Crippen LogP contribution in [-0.4, -0.2) is 24.6 Å². The van der Waals surface area contributed by atoms with E-state index in [1.54, 1.807) is 0 Å². The van der Waals surface area contributed by atoms with E-state index >= 15 is 0 Å². The Morgan fingerprint density at radius 2 is 0.627 bits per heavy atom. The summed E-state index contributed by atoms with van der Waals surface area (Å²) in [6.45, 7) is 16.3. The maximum absolute atomic E-state index is 12.3. The Morgan fingerprint density at radius 1 is 0.388 bits per heavy atom. The summed E-state index contributed by atoms with van der Waals surface area (Å²) in [4.78, 5) is 24.4. The van der Waals surface area contributed by atoms with Gasteiger partial charge in [0, 0.05) is 12.8 Å². The average Bonchev–Trinajstić information content (AvgIpc) is 3.15.